The third-order valence-corrected chi connectivity index (χ3v) is 3.10. The van der Waals surface area contributed by atoms with Crippen LogP contribution < -0.4 is 5.56 Å². The van der Waals surface area contributed by atoms with E-state index in [0.717, 1.165) is 29.2 Å². The highest BCUT2D eigenvalue weighted by Crippen LogP contribution is 2.34. The first-order valence-electron chi connectivity index (χ1n) is 3.85. The molecule has 1 aliphatic rings. The van der Waals surface area contributed by atoms with Crippen LogP contribution in [0.1, 0.15) is 12.1 Å². The molecule has 0 spiro atoms. The fourth-order valence-corrected chi connectivity index (χ4v) is 2.37. The molecule has 0 saturated heterocycles. The van der Waals surface area contributed by atoms with Crippen molar-refractivity contribution in [3.8, 4) is 5.75 Å². The normalized spacial score (nSPS) is 15.7. The third-order valence-electron chi connectivity index (χ3n) is 1.87. The lowest BCUT2D eigenvalue weighted by molar-refractivity contribution is 0.457. The van der Waals surface area contributed by atoms with Gasteiger partial charge in [0, 0.05) is 11.8 Å². The predicted octanol–water partition coefficient (Wildman–Crippen LogP) is 1.12. The number of rotatable bonds is 0. The van der Waals surface area contributed by atoms with Gasteiger partial charge in [-0.25, -0.2) is 0 Å². The quantitative estimate of drug-likeness (QED) is 0.633. The van der Waals surface area contributed by atoms with Crippen molar-refractivity contribution in [3.63, 3.8) is 0 Å². The van der Waals surface area contributed by atoms with E-state index in [1.54, 1.807) is 11.8 Å². The summed E-state index contributed by atoms with van der Waals surface area (Å²) in [6.07, 6.45) is 1.93. The van der Waals surface area contributed by atoms with Gasteiger partial charge in [0.1, 0.15) is 5.75 Å². The van der Waals surface area contributed by atoms with Crippen molar-refractivity contribution >= 4 is 11.8 Å². The van der Waals surface area contributed by atoms with Crippen LogP contribution in [0, 0.1) is 0 Å². The summed E-state index contributed by atoms with van der Waals surface area (Å²) < 4.78 is 0. The minimum atomic E-state index is -0.214. The van der Waals surface area contributed by atoms with Crippen LogP contribution in [-0.2, 0) is 6.42 Å². The number of hydrogen-bond acceptors (Lipinski definition) is 3. The first-order valence-corrected chi connectivity index (χ1v) is 4.84. The summed E-state index contributed by atoms with van der Waals surface area (Å²) in [4.78, 5) is 14.5. The fourth-order valence-electron chi connectivity index (χ4n) is 1.35. The van der Waals surface area contributed by atoms with Crippen LogP contribution in [0.2, 0.25) is 0 Å². The zero-order chi connectivity index (χ0) is 8.55. The molecule has 1 aliphatic heterocycles. The van der Waals surface area contributed by atoms with Crippen molar-refractivity contribution in [2.75, 3.05) is 5.75 Å². The van der Waals surface area contributed by atoms with Crippen LogP contribution in [0.4, 0.5) is 0 Å². The molecule has 2 N–H and O–H groups in total. The van der Waals surface area contributed by atoms with Crippen molar-refractivity contribution in [3.05, 3.63) is 22.1 Å². The van der Waals surface area contributed by atoms with E-state index in [-0.39, 0.29) is 11.3 Å². The first-order chi connectivity index (χ1) is 5.77. The predicted molar refractivity (Wildman–Crippen MR) is 47.8 cm³/mol. The van der Waals surface area contributed by atoms with Crippen molar-refractivity contribution in [1.82, 2.24) is 4.98 Å². The largest absolute Gasteiger partial charge is 0.507 e. The van der Waals surface area contributed by atoms with Gasteiger partial charge < -0.3 is 10.1 Å². The Morgan fingerprint density at radius 3 is 3.25 bits per heavy atom. The molecule has 3 nitrogen and oxygen atoms in total. The minimum Gasteiger partial charge on any atom is -0.507 e. The van der Waals surface area contributed by atoms with Crippen LogP contribution in [-0.4, -0.2) is 15.8 Å². The van der Waals surface area contributed by atoms with Gasteiger partial charge in [-0.3, -0.25) is 4.79 Å². The van der Waals surface area contributed by atoms with Crippen LogP contribution in [0.15, 0.2) is 15.8 Å². The average molecular weight is 183 g/mol. The second-order valence-corrected chi connectivity index (χ2v) is 3.88. The summed E-state index contributed by atoms with van der Waals surface area (Å²) in [6, 6.07) is 1.23. The molecule has 4 heteroatoms. The Morgan fingerprint density at radius 1 is 1.58 bits per heavy atom. The van der Waals surface area contributed by atoms with Gasteiger partial charge in [0.05, 0.1) is 4.90 Å². The number of aromatic amines is 1. The summed E-state index contributed by atoms with van der Waals surface area (Å²) in [6.45, 7) is 0. The summed E-state index contributed by atoms with van der Waals surface area (Å²) in [5.74, 6) is 1.14. The Morgan fingerprint density at radius 2 is 2.42 bits per heavy atom. The van der Waals surface area contributed by atoms with Gasteiger partial charge >= 0.3 is 0 Å². The lowest BCUT2D eigenvalue weighted by Gasteiger charge is -2.14. The first kappa shape index (κ1) is 7.73. The van der Waals surface area contributed by atoms with Crippen molar-refractivity contribution in [1.29, 1.82) is 0 Å². The van der Waals surface area contributed by atoms with E-state index in [4.69, 9.17) is 0 Å². The minimum absolute atomic E-state index is 0.124. The maximum absolute atomic E-state index is 10.9. The van der Waals surface area contributed by atoms with E-state index in [1.165, 1.54) is 6.07 Å². The van der Waals surface area contributed by atoms with Crippen molar-refractivity contribution in [2.45, 2.75) is 17.7 Å². The molecule has 0 unspecified atom stereocenters. The Bertz CT molecular complexity index is 359. The topological polar surface area (TPSA) is 53.1 Å². The number of aromatic nitrogens is 1. The average Bonchev–Trinajstić information content (AvgIpc) is 2.04. The van der Waals surface area contributed by atoms with E-state index in [1.807, 2.05) is 0 Å². The number of fused-ring (bicyclic) bond motifs is 1. The lowest BCUT2D eigenvalue weighted by atomic mass is 10.2. The molecule has 64 valence electrons. The Kier molecular flexibility index (Phi) is 1.84. The number of pyridine rings is 1. The third kappa shape index (κ3) is 1.22. The van der Waals surface area contributed by atoms with Gasteiger partial charge in [0.25, 0.3) is 5.56 Å². The van der Waals surface area contributed by atoms with Gasteiger partial charge in [-0.15, -0.1) is 11.8 Å². The molecule has 12 heavy (non-hydrogen) atoms. The highest BCUT2D eigenvalue weighted by atomic mass is 32.2. The molecule has 1 aromatic rings. The van der Waals surface area contributed by atoms with Crippen molar-refractivity contribution < 1.29 is 5.11 Å². The lowest BCUT2D eigenvalue weighted by Crippen LogP contribution is -2.11. The Balaban J connectivity index is 2.60. The summed E-state index contributed by atoms with van der Waals surface area (Å²) in [7, 11) is 0. The number of aromatic hydroxyl groups is 1. The van der Waals surface area contributed by atoms with Crippen LogP contribution >= 0.6 is 11.8 Å². The molecular weight excluding hydrogens is 174 g/mol. The van der Waals surface area contributed by atoms with E-state index >= 15 is 0 Å². The Labute approximate surface area is 73.8 Å². The molecule has 0 aromatic carbocycles. The van der Waals surface area contributed by atoms with Crippen LogP contribution in [0.5, 0.6) is 5.75 Å². The number of hydrogen-bond donors (Lipinski definition) is 2. The second kappa shape index (κ2) is 2.86. The zero-order valence-corrected chi connectivity index (χ0v) is 7.28. The van der Waals surface area contributed by atoms with Gasteiger partial charge in [0.15, 0.2) is 0 Å². The van der Waals surface area contributed by atoms with Gasteiger partial charge in [0.2, 0.25) is 0 Å². The molecule has 2 rings (SSSR count). The fraction of sp³-hybridized carbons (Fsp3) is 0.375. The number of nitrogens with one attached hydrogen (secondary N) is 1. The molecule has 0 bridgehead atoms. The number of H-pyrrole nitrogens is 1. The van der Waals surface area contributed by atoms with E-state index in [2.05, 4.69) is 4.98 Å². The standard InChI is InChI=1S/C8H9NO2S/c10-6-4-7(11)9-5-2-1-3-12-8(5)6/h4H,1-3H2,(H2,9,10,11). The zero-order valence-electron chi connectivity index (χ0n) is 6.46. The van der Waals surface area contributed by atoms with E-state index < -0.39 is 0 Å². The molecule has 0 radical (unpaired) electrons. The number of aryl methyl sites for hydroxylation is 1. The molecule has 0 saturated carbocycles. The van der Waals surface area contributed by atoms with Gasteiger partial charge in [-0.2, -0.15) is 0 Å². The molecule has 0 atom stereocenters. The summed E-state index contributed by atoms with van der Waals surface area (Å²) in [5, 5.41) is 9.40. The molecular formula is C8H9NO2S. The Hall–Kier alpha value is -0.900. The van der Waals surface area contributed by atoms with Crippen LogP contribution in [0.25, 0.3) is 0 Å². The second-order valence-electron chi connectivity index (χ2n) is 2.78. The van der Waals surface area contributed by atoms with Crippen LogP contribution in [0.3, 0.4) is 0 Å². The molecule has 0 aliphatic carbocycles. The maximum Gasteiger partial charge on any atom is 0.251 e. The van der Waals surface area contributed by atoms with Gasteiger partial charge in [-0.1, -0.05) is 0 Å². The van der Waals surface area contributed by atoms with Gasteiger partial charge in [-0.05, 0) is 18.6 Å². The number of thioether (sulfide) groups is 1. The van der Waals surface area contributed by atoms with E-state index in [0.29, 0.717) is 0 Å². The highest BCUT2D eigenvalue weighted by Gasteiger charge is 2.14. The molecule has 0 fully saturated rings. The van der Waals surface area contributed by atoms with E-state index in [9.17, 15) is 9.90 Å². The summed E-state index contributed by atoms with van der Waals surface area (Å²) >= 11 is 1.60. The molecule has 2 heterocycles. The maximum atomic E-state index is 10.9. The van der Waals surface area contributed by atoms with Crippen molar-refractivity contribution in [2.24, 2.45) is 0 Å². The smallest absolute Gasteiger partial charge is 0.251 e. The highest BCUT2D eigenvalue weighted by molar-refractivity contribution is 7.99. The molecule has 1 aromatic heterocycles. The monoisotopic (exact) mass is 183 g/mol. The summed E-state index contributed by atoms with van der Waals surface area (Å²) in [5.41, 5.74) is 0.671. The molecule has 0 amide bonds. The SMILES string of the molecule is O=c1cc(O)c2c([nH]1)CCCS2.